The van der Waals surface area contributed by atoms with E-state index < -0.39 is 4.92 Å². The molecule has 0 atom stereocenters. The Bertz CT molecular complexity index is 536. The van der Waals surface area contributed by atoms with Crippen LogP contribution in [0.3, 0.4) is 0 Å². The van der Waals surface area contributed by atoms with Crippen molar-refractivity contribution in [2.75, 3.05) is 13.1 Å². The molecule has 0 radical (unpaired) electrons. The van der Waals surface area contributed by atoms with Gasteiger partial charge in [0.2, 0.25) is 0 Å². The molecule has 1 N–H and O–H groups in total. The number of amides is 1. The van der Waals surface area contributed by atoms with Crippen molar-refractivity contribution < 1.29 is 9.72 Å². The first-order valence-electron chi connectivity index (χ1n) is 6.57. The smallest absolute Gasteiger partial charge is 0.270 e. The molecule has 0 bridgehead atoms. The van der Waals surface area contributed by atoms with Gasteiger partial charge in [-0.2, -0.15) is 0 Å². The summed E-state index contributed by atoms with van der Waals surface area (Å²) in [7, 11) is 0. The summed E-state index contributed by atoms with van der Waals surface area (Å²) in [6, 6.07) is 5.94. The number of hydrazine groups is 1. The summed E-state index contributed by atoms with van der Waals surface area (Å²) in [6.45, 7) is 5.38. The fraction of sp³-hybridized carbons (Fsp3) is 0.357. The first-order chi connectivity index (χ1) is 9.58. The minimum atomic E-state index is -0.487. The van der Waals surface area contributed by atoms with E-state index >= 15 is 0 Å². The number of non-ortho nitro benzene ring substituents is 1. The van der Waals surface area contributed by atoms with Gasteiger partial charge in [0.15, 0.2) is 0 Å². The number of nitro benzene ring substituents is 1. The highest BCUT2D eigenvalue weighted by Gasteiger charge is 2.17. The Kier molecular flexibility index (Phi) is 4.47. The predicted octanol–water partition coefficient (Wildman–Crippen LogP) is 2.13. The summed E-state index contributed by atoms with van der Waals surface area (Å²) in [4.78, 5) is 22.3. The molecule has 1 aliphatic rings. The molecule has 1 saturated heterocycles. The number of carbonyl (C=O) groups excluding carboxylic acids is 1. The Labute approximate surface area is 117 Å². The number of nitrogens with zero attached hydrogens (tertiary/aromatic N) is 2. The Hall–Kier alpha value is -2.21. The number of nitro groups is 1. The average Bonchev–Trinajstić information content (AvgIpc) is 2.47. The van der Waals surface area contributed by atoms with Gasteiger partial charge in [0, 0.05) is 30.8 Å². The van der Waals surface area contributed by atoms with Gasteiger partial charge in [0.25, 0.3) is 11.6 Å². The lowest BCUT2D eigenvalue weighted by Crippen LogP contribution is -2.45. The van der Waals surface area contributed by atoms with Gasteiger partial charge in [-0.25, -0.2) is 5.01 Å². The van der Waals surface area contributed by atoms with E-state index in [-0.39, 0.29) is 17.2 Å². The highest BCUT2D eigenvalue weighted by Crippen LogP contribution is 2.19. The van der Waals surface area contributed by atoms with Gasteiger partial charge in [-0.05, 0) is 18.4 Å². The molecule has 0 saturated carbocycles. The number of nitrogens with one attached hydrogen (secondary N) is 1. The highest BCUT2D eigenvalue weighted by atomic mass is 16.6. The van der Waals surface area contributed by atoms with Gasteiger partial charge in [-0.1, -0.05) is 25.1 Å². The molecule has 0 spiro atoms. The summed E-state index contributed by atoms with van der Waals surface area (Å²) in [5, 5.41) is 12.6. The SMILES string of the molecule is C=C(C(=O)NN1CCCCC1)c1cccc([N+](=O)[O-])c1. The summed E-state index contributed by atoms with van der Waals surface area (Å²) in [6.07, 6.45) is 3.30. The first kappa shape index (κ1) is 14.2. The number of hydrogen-bond donors (Lipinski definition) is 1. The second kappa shape index (κ2) is 6.29. The summed E-state index contributed by atoms with van der Waals surface area (Å²) >= 11 is 0. The van der Waals surface area contributed by atoms with Crippen molar-refractivity contribution >= 4 is 17.2 Å². The minimum absolute atomic E-state index is 0.0468. The molecule has 2 rings (SSSR count). The van der Waals surface area contributed by atoms with Crippen LogP contribution in [0.1, 0.15) is 24.8 Å². The normalized spacial score (nSPS) is 15.6. The van der Waals surface area contributed by atoms with E-state index in [4.69, 9.17) is 0 Å². The van der Waals surface area contributed by atoms with Crippen LogP contribution in [0.15, 0.2) is 30.8 Å². The third kappa shape index (κ3) is 3.42. The maximum atomic E-state index is 12.1. The number of hydrogen-bond acceptors (Lipinski definition) is 4. The zero-order valence-corrected chi connectivity index (χ0v) is 11.2. The third-order valence-corrected chi connectivity index (χ3v) is 3.30. The Morgan fingerprint density at radius 2 is 2.00 bits per heavy atom. The molecule has 0 unspecified atom stereocenters. The Morgan fingerprint density at radius 3 is 2.65 bits per heavy atom. The number of benzene rings is 1. The lowest BCUT2D eigenvalue weighted by molar-refractivity contribution is -0.384. The second-order valence-corrected chi connectivity index (χ2v) is 4.77. The molecule has 1 fully saturated rings. The summed E-state index contributed by atoms with van der Waals surface area (Å²) in [5.74, 6) is -0.313. The first-order valence-corrected chi connectivity index (χ1v) is 6.57. The molecule has 1 amide bonds. The van der Waals surface area contributed by atoms with E-state index in [0.29, 0.717) is 5.56 Å². The zero-order chi connectivity index (χ0) is 14.5. The second-order valence-electron chi connectivity index (χ2n) is 4.77. The third-order valence-electron chi connectivity index (χ3n) is 3.30. The zero-order valence-electron chi connectivity index (χ0n) is 11.2. The molecular formula is C14H17N3O3. The van der Waals surface area contributed by atoms with Crippen LogP contribution in [0.5, 0.6) is 0 Å². The lowest BCUT2D eigenvalue weighted by atomic mass is 10.1. The quantitative estimate of drug-likeness (QED) is 0.519. The molecule has 1 aliphatic heterocycles. The van der Waals surface area contributed by atoms with Crippen LogP contribution in [0, 0.1) is 10.1 Å². The maximum absolute atomic E-state index is 12.1. The van der Waals surface area contributed by atoms with E-state index in [1.807, 2.05) is 5.01 Å². The largest absolute Gasteiger partial charge is 0.285 e. The van der Waals surface area contributed by atoms with Crippen molar-refractivity contribution in [3.05, 3.63) is 46.5 Å². The van der Waals surface area contributed by atoms with E-state index in [1.165, 1.54) is 18.6 Å². The van der Waals surface area contributed by atoms with E-state index in [1.54, 1.807) is 12.1 Å². The van der Waals surface area contributed by atoms with Gasteiger partial charge in [-0.15, -0.1) is 0 Å². The molecule has 0 aliphatic carbocycles. The van der Waals surface area contributed by atoms with Gasteiger partial charge >= 0.3 is 0 Å². The van der Waals surface area contributed by atoms with Crippen LogP contribution in [0.4, 0.5) is 5.69 Å². The molecule has 106 valence electrons. The Balaban J connectivity index is 2.04. The topological polar surface area (TPSA) is 75.5 Å². The van der Waals surface area contributed by atoms with Crippen molar-refractivity contribution in [3.63, 3.8) is 0 Å². The lowest BCUT2D eigenvalue weighted by Gasteiger charge is -2.27. The van der Waals surface area contributed by atoms with Crippen LogP contribution < -0.4 is 5.43 Å². The molecule has 6 heteroatoms. The van der Waals surface area contributed by atoms with E-state index in [2.05, 4.69) is 12.0 Å². The summed E-state index contributed by atoms with van der Waals surface area (Å²) < 4.78 is 0. The van der Waals surface area contributed by atoms with Crippen LogP contribution in [-0.2, 0) is 4.79 Å². The standard InChI is InChI=1S/C14H17N3O3/c1-11(12-6-5-7-13(10-12)17(19)20)14(18)15-16-8-3-2-4-9-16/h5-7,10H,1-4,8-9H2,(H,15,18). The van der Waals surface area contributed by atoms with Gasteiger partial charge < -0.3 is 0 Å². The average molecular weight is 275 g/mol. The molecule has 0 aromatic heterocycles. The van der Waals surface area contributed by atoms with Crippen molar-refractivity contribution in [2.45, 2.75) is 19.3 Å². The maximum Gasteiger partial charge on any atom is 0.270 e. The fourth-order valence-corrected chi connectivity index (χ4v) is 2.16. The van der Waals surface area contributed by atoms with Gasteiger partial charge in [0.05, 0.1) is 4.92 Å². The predicted molar refractivity (Wildman–Crippen MR) is 75.7 cm³/mol. The van der Waals surface area contributed by atoms with Gasteiger partial charge in [-0.3, -0.25) is 20.3 Å². The van der Waals surface area contributed by atoms with E-state index in [0.717, 1.165) is 25.9 Å². The molecular weight excluding hydrogens is 258 g/mol. The number of carbonyl (C=O) groups is 1. The summed E-state index contributed by atoms with van der Waals surface area (Å²) in [5.41, 5.74) is 3.45. The molecule has 1 aromatic carbocycles. The highest BCUT2D eigenvalue weighted by molar-refractivity contribution is 6.18. The monoisotopic (exact) mass is 275 g/mol. The van der Waals surface area contributed by atoms with Crippen molar-refractivity contribution in [1.82, 2.24) is 10.4 Å². The minimum Gasteiger partial charge on any atom is -0.285 e. The van der Waals surface area contributed by atoms with Crippen molar-refractivity contribution in [2.24, 2.45) is 0 Å². The number of piperidine rings is 1. The van der Waals surface area contributed by atoms with Crippen molar-refractivity contribution in [1.29, 1.82) is 0 Å². The Morgan fingerprint density at radius 1 is 1.30 bits per heavy atom. The van der Waals surface area contributed by atoms with Gasteiger partial charge in [0.1, 0.15) is 0 Å². The van der Waals surface area contributed by atoms with E-state index in [9.17, 15) is 14.9 Å². The van der Waals surface area contributed by atoms with Crippen LogP contribution in [-0.4, -0.2) is 28.9 Å². The van der Waals surface area contributed by atoms with Crippen LogP contribution in [0.25, 0.3) is 5.57 Å². The molecule has 6 nitrogen and oxygen atoms in total. The molecule has 1 heterocycles. The molecule has 20 heavy (non-hydrogen) atoms. The van der Waals surface area contributed by atoms with Crippen molar-refractivity contribution in [3.8, 4) is 0 Å². The molecule has 1 aromatic rings. The number of rotatable bonds is 4. The van der Waals surface area contributed by atoms with Crippen LogP contribution in [0.2, 0.25) is 0 Å². The van der Waals surface area contributed by atoms with Crippen LogP contribution >= 0.6 is 0 Å². The fourth-order valence-electron chi connectivity index (χ4n) is 2.16.